The van der Waals surface area contributed by atoms with E-state index in [1.165, 1.54) is 12.3 Å². The van der Waals surface area contributed by atoms with Gasteiger partial charge in [0.2, 0.25) is 0 Å². The van der Waals surface area contributed by atoms with Crippen molar-refractivity contribution in [2.75, 3.05) is 11.9 Å². The number of hydrogen-bond donors (Lipinski definition) is 3. The molecule has 9 nitrogen and oxygen atoms in total. The van der Waals surface area contributed by atoms with E-state index in [-0.39, 0.29) is 11.4 Å². The van der Waals surface area contributed by atoms with Gasteiger partial charge in [0.15, 0.2) is 0 Å². The molecule has 0 aromatic carbocycles. The molecule has 0 amide bonds. The number of aromatic amines is 2. The molecule has 19 heavy (non-hydrogen) atoms. The molecule has 2 aromatic rings. The van der Waals surface area contributed by atoms with Crippen LogP contribution in [0.5, 0.6) is 0 Å². The van der Waals surface area contributed by atoms with Gasteiger partial charge in [-0.1, -0.05) is 0 Å². The molecule has 0 unspecified atom stereocenters. The van der Waals surface area contributed by atoms with Crippen molar-refractivity contribution in [3.8, 4) is 0 Å². The molecule has 9 heteroatoms. The van der Waals surface area contributed by atoms with Gasteiger partial charge in [-0.25, -0.2) is 14.9 Å². The minimum atomic E-state index is -0.488. The second kappa shape index (κ2) is 5.29. The van der Waals surface area contributed by atoms with Crippen LogP contribution < -0.4 is 11.0 Å². The zero-order chi connectivity index (χ0) is 13.8. The average Bonchev–Trinajstić information content (AvgIpc) is 2.77. The zero-order valence-corrected chi connectivity index (χ0v) is 10.1. The quantitative estimate of drug-likeness (QED) is 0.528. The SMILES string of the molecule is Cc1cc([N+](=O)[O-])cnc1NCCc1n[nH]c(=O)[nH]1. The number of anilines is 1. The first-order chi connectivity index (χ1) is 9.06. The van der Waals surface area contributed by atoms with E-state index in [0.717, 1.165) is 0 Å². The lowest BCUT2D eigenvalue weighted by atomic mass is 10.2. The number of nitrogens with one attached hydrogen (secondary N) is 3. The molecular formula is C10H12N6O3. The predicted molar refractivity (Wildman–Crippen MR) is 67.0 cm³/mol. The summed E-state index contributed by atoms with van der Waals surface area (Å²) >= 11 is 0. The molecule has 2 heterocycles. The lowest BCUT2D eigenvalue weighted by Gasteiger charge is -2.06. The standard InChI is InChI=1S/C10H12N6O3/c1-6-4-7(16(18)19)5-12-9(6)11-3-2-8-13-10(17)15-14-8/h4-5H,2-3H2,1H3,(H,11,12)(H2,13,14,15,17). The fourth-order valence-corrected chi connectivity index (χ4v) is 1.57. The summed E-state index contributed by atoms with van der Waals surface area (Å²) in [7, 11) is 0. The van der Waals surface area contributed by atoms with Crippen LogP contribution in [0.4, 0.5) is 11.5 Å². The van der Waals surface area contributed by atoms with E-state index in [4.69, 9.17) is 0 Å². The smallest absolute Gasteiger partial charge is 0.340 e. The van der Waals surface area contributed by atoms with Crippen LogP contribution in [0.15, 0.2) is 17.1 Å². The van der Waals surface area contributed by atoms with Crippen LogP contribution in [-0.4, -0.2) is 31.6 Å². The Balaban J connectivity index is 1.96. The summed E-state index contributed by atoms with van der Waals surface area (Å²) in [5, 5.41) is 19.6. The van der Waals surface area contributed by atoms with Crippen molar-refractivity contribution in [1.29, 1.82) is 0 Å². The molecule has 2 rings (SSSR count). The van der Waals surface area contributed by atoms with Crippen LogP contribution >= 0.6 is 0 Å². The number of H-pyrrole nitrogens is 2. The van der Waals surface area contributed by atoms with Gasteiger partial charge in [-0.3, -0.25) is 15.1 Å². The molecule has 0 aliphatic rings. The van der Waals surface area contributed by atoms with Gasteiger partial charge in [-0.2, -0.15) is 5.10 Å². The Hall–Kier alpha value is -2.71. The lowest BCUT2D eigenvalue weighted by molar-refractivity contribution is -0.385. The number of aryl methyl sites for hydroxylation is 1. The molecule has 0 aliphatic heterocycles. The van der Waals surface area contributed by atoms with Gasteiger partial charge in [0.25, 0.3) is 5.69 Å². The molecule has 0 atom stereocenters. The van der Waals surface area contributed by atoms with Gasteiger partial charge in [-0.15, -0.1) is 0 Å². The van der Waals surface area contributed by atoms with Gasteiger partial charge in [0.1, 0.15) is 17.8 Å². The highest BCUT2D eigenvalue weighted by molar-refractivity contribution is 5.48. The highest BCUT2D eigenvalue weighted by Gasteiger charge is 2.09. The topological polar surface area (TPSA) is 130 Å². The number of nitrogens with zero attached hydrogens (tertiary/aromatic N) is 3. The van der Waals surface area contributed by atoms with Crippen LogP contribution in [-0.2, 0) is 6.42 Å². The maximum absolute atomic E-state index is 10.8. The maximum Gasteiger partial charge on any atom is 0.340 e. The highest BCUT2D eigenvalue weighted by atomic mass is 16.6. The first-order valence-electron chi connectivity index (χ1n) is 5.55. The minimum Gasteiger partial charge on any atom is -0.369 e. The number of pyridine rings is 1. The van der Waals surface area contributed by atoms with Crippen molar-refractivity contribution in [2.45, 2.75) is 13.3 Å². The molecule has 0 bridgehead atoms. The van der Waals surface area contributed by atoms with E-state index < -0.39 is 4.92 Å². The van der Waals surface area contributed by atoms with Gasteiger partial charge in [0, 0.05) is 19.0 Å². The average molecular weight is 264 g/mol. The van der Waals surface area contributed by atoms with Crippen molar-refractivity contribution in [2.24, 2.45) is 0 Å². The Labute approximate surface area is 107 Å². The highest BCUT2D eigenvalue weighted by Crippen LogP contribution is 2.17. The number of aromatic nitrogens is 4. The van der Waals surface area contributed by atoms with Crippen LogP contribution in [0.2, 0.25) is 0 Å². The fraction of sp³-hybridized carbons (Fsp3) is 0.300. The van der Waals surface area contributed by atoms with E-state index in [9.17, 15) is 14.9 Å². The van der Waals surface area contributed by atoms with Crippen molar-refractivity contribution in [3.63, 3.8) is 0 Å². The molecule has 2 aromatic heterocycles. The third-order valence-electron chi connectivity index (χ3n) is 2.48. The Morgan fingerprint density at radius 1 is 1.53 bits per heavy atom. The van der Waals surface area contributed by atoms with E-state index in [2.05, 4.69) is 25.5 Å². The number of hydrogen-bond acceptors (Lipinski definition) is 6. The Morgan fingerprint density at radius 2 is 2.32 bits per heavy atom. The van der Waals surface area contributed by atoms with Crippen molar-refractivity contribution in [3.05, 3.63) is 44.2 Å². The Bertz CT molecular complexity index is 647. The van der Waals surface area contributed by atoms with E-state index in [1.807, 2.05) is 0 Å². The first-order valence-corrected chi connectivity index (χ1v) is 5.55. The molecule has 0 fully saturated rings. The second-order valence-electron chi connectivity index (χ2n) is 3.92. The summed E-state index contributed by atoms with van der Waals surface area (Å²) in [6.07, 6.45) is 1.71. The summed E-state index contributed by atoms with van der Waals surface area (Å²) in [6.45, 7) is 2.24. The second-order valence-corrected chi connectivity index (χ2v) is 3.92. The summed E-state index contributed by atoms with van der Waals surface area (Å²) in [4.78, 5) is 27.4. The Kier molecular flexibility index (Phi) is 3.55. The third kappa shape index (κ3) is 3.15. The molecule has 0 saturated carbocycles. The van der Waals surface area contributed by atoms with Crippen LogP contribution in [0.1, 0.15) is 11.4 Å². The summed E-state index contributed by atoms with van der Waals surface area (Å²) in [5.41, 5.74) is 0.295. The van der Waals surface area contributed by atoms with Gasteiger partial charge in [0.05, 0.1) is 4.92 Å². The molecule has 100 valence electrons. The zero-order valence-electron chi connectivity index (χ0n) is 10.1. The predicted octanol–water partition coefficient (Wildman–Crippen LogP) is 0.364. The van der Waals surface area contributed by atoms with E-state index >= 15 is 0 Å². The summed E-state index contributed by atoms with van der Waals surface area (Å²) in [5.74, 6) is 1.11. The fourth-order valence-electron chi connectivity index (χ4n) is 1.57. The molecule has 0 radical (unpaired) electrons. The van der Waals surface area contributed by atoms with Crippen LogP contribution in [0.3, 0.4) is 0 Å². The maximum atomic E-state index is 10.8. The summed E-state index contributed by atoms with van der Waals surface area (Å²) in [6, 6.07) is 1.45. The van der Waals surface area contributed by atoms with Crippen molar-refractivity contribution < 1.29 is 4.92 Å². The first kappa shape index (κ1) is 12.7. The molecule has 0 spiro atoms. The normalized spacial score (nSPS) is 10.4. The lowest BCUT2D eigenvalue weighted by Crippen LogP contribution is -2.09. The third-order valence-corrected chi connectivity index (χ3v) is 2.48. The molecule has 3 N–H and O–H groups in total. The van der Waals surface area contributed by atoms with Crippen LogP contribution in [0.25, 0.3) is 0 Å². The van der Waals surface area contributed by atoms with E-state index in [0.29, 0.717) is 30.2 Å². The number of rotatable bonds is 5. The molecule has 0 aliphatic carbocycles. The van der Waals surface area contributed by atoms with Crippen LogP contribution in [0, 0.1) is 17.0 Å². The van der Waals surface area contributed by atoms with Crippen molar-refractivity contribution >= 4 is 11.5 Å². The van der Waals surface area contributed by atoms with Gasteiger partial charge in [-0.05, 0) is 12.5 Å². The van der Waals surface area contributed by atoms with Gasteiger partial charge >= 0.3 is 5.69 Å². The number of nitro groups is 1. The van der Waals surface area contributed by atoms with Gasteiger partial charge < -0.3 is 5.32 Å². The van der Waals surface area contributed by atoms with Crippen molar-refractivity contribution in [1.82, 2.24) is 20.2 Å². The van der Waals surface area contributed by atoms with E-state index in [1.54, 1.807) is 6.92 Å². The summed E-state index contributed by atoms with van der Waals surface area (Å²) < 4.78 is 0. The minimum absolute atomic E-state index is 0.0420. The molecular weight excluding hydrogens is 252 g/mol. The monoisotopic (exact) mass is 264 g/mol. The Morgan fingerprint density at radius 3 is 2.89 bits per heavy atom. The molecule has 0 saturated heterocycles. The largest absolute Gasteiger partial charge is 0.369 e.